The highest BCUT2D eigenvalue weighted by molar-refractivity contribution is 5.78. The van der Waals surface area contributed by atoms with Crippen molar-refractivity contribution in [2.24, 2.45) is 0 Å². The third kappa shape index (κ3) is 3.28. The van der Waals surface area contributed by atoms with Crippen LogP contribution in [0.15, 0.2) is 55.2 Å². The predicted octanol–water partition coefficient (Wildman–Crippen LogP) is 4.48. The Balaban J connectivity index is 0.000000686. The summed E-state index contributed by atoms with van der Waals surface area (Å²) in [5.41, 5.74) is 4.31. The van der Waals surface area contributed by atoms with E-state index in [4.69, 9.17) is 0 Å². The van der Waals surface area contributed by atoms with Gasteiger partial charge in [0.25, 0.3) is 0 Å². The molecule has 0 bridgehead atoms. The number of nitrogens with zero attached hydrogens (tertiary/aromatic N) is 1. The van der Waals surface area contributed by atoms with Gasteiger partial charge in [-0.15, -0.1) is 0 Å². The van der Waals surface area contributed by atoms with Crippen molar-refractivity contribution in [1.29, 1.82) is 0 Å². The summed E-state index contributed by atoms with van der Waals surface area (Å²) in [5.74, 6) is 0. The van der Waals surface area contributed by atoms with Crippen LogP contribution in [0.25, 0.3) is 5.57 Å². The van der Waals surface area contributed by atoms with Crippen molar-refractivity contribution < 1.29 is 0 Å². The molecule has 0 unspecified atom stereocenters. The molecule has 0 saturated heterocycles. The first-order valence-electron chi connectivity index (χ1n) is 5.95. The van der Waals surface area contributed by atoms with Gasteiger partial charge in [-0.1, -0.05) is 56.8 Å². The molecule has 1 aromatic heterocycles. The largest absolute Gasteiger partial charge is 0.261 e. The number of benzene rings is 1. The van der Waals surface area contributed by atoms with E-state index in [-0.39, 0.29) is 0 Å². The zero-order valence-corrected chi connectivity index (χ0v) is 10.8. The van der Waals surface area contributed by atoms with Crippen molar-refractivity contribution in [3.8, 4) is 0 Å². The molecule has 0 radical (unpaired) electrons. The molecule has 1 heteroatoms. The molecule has 17 heavy (non-hydrogen) atoms. The van der Waals surface area contributed by atoms with Gasteiger partial charge in [-0.25, -0.2) is 0 Å². The van der Waals surface area contributed by atoms with Gasteiger partial charge < -0.3 is 0 Å². The lowest BCUT2D eigenvalue weighted by Crippen LogP contribution is -1.91. The molecule has 0 atom stereocenters. The summed E-state index contributed by atoms with van der Waals surface area (Å²) < 4.78 is 0. The average molecular weight is 225 g/mol. The van der Waals surface area contributed by atoms with Crippen molar-refractivity contribution in [2.45, 2.75) is 20.8 Å². The molecule has 0 aliphatic carbocycles. The summed E-state index contributed by atoms with van der Waals surface area (Å²) in [7, 11) is 0. The van der Waals surface area contributed by atoms with Crippen LogP contribution in [0.5, 0.6) is 0 Å². The lowest BCUT2D eigenvalue weighted by Gasteiger charge is -2.08. The predicted molar refractivity (Wildman–Crippen MR) is 74.9 cm³/mol. The molecule has 0 spiro atoms. The highest BCUT2D eigenvalue weighted by Gasteiger charge is 2.04. The van der Waals surface area contributed by atoms with Crippen molar-refractivity contribution >= 4 is 5.57 Å². The van der Waals surface area contributed by atoms with Crippen LogP contribution in [0.4, 0.5) is 0 Å². The molecule has 1 aromatic carbocycles. The smallest absolute Gasteiger partial charge is 0.0450 e. The molecule has 2 aromatic rings. The van der Waals surface area contributed by atoms with Gasteiger partial charge in [0.1, 0.15) is 0 Å². The standard InChI is InChI=1S/C14H13N.C2H6/c1-11(13-7-4-3-5-8-13)14-9-6-10-15-12(14)2;1-2/h3-10H,1H2,2H3;1-2H3. The van der Waals surface area contributed by atoms with Crippen LogP contribution in [-0.4, -0.2) is 4.98 Å². The Morgan fingerprint density at radius 1 is 1.00 bits per heavy atom. The zero-order chi connectivity index (χ0) is 12.7. The topological polar surface area (TPSA) is 12.9 Å². The van der Waals surface area contributed by atoms with Crippen molar-refractivity contribution in [3.05, 3.63) is 72.1 Å². The van der Waals surface area contributed by atoms with E-state index in [1.54, 1.807) is 6.20 Å². The van der Waals surface area contributed by atoms with E-state index in [1.807, 2.05) is 45.0 Å². The van der Waals surface area contributed by atoms with Crippen LogP contribution in [0.3, 0.4) is 0 Å². The molecule has 0 aliphatic heterocycles. The Morgan fingerprint density at radius 2 is 1.65 bits per heavy atom. The fourth-order valence-corrected chi connectivity index (χ4v) is 1.60. The van der Waals surface area contributed by atoms with Crippen LogP contribution in [0.2, 0.25) is 0 Å². The second-order valence-corrected chi connectivity index (χ2v) is 3.48. The Kier molecular flexibility index (Phi) is 5.15. The number of aromatic nitrogens is 1. The van der Waals surface area contributed by atoms with Gasteiger partial charge in [-0.2, -0.15) is 0 Å². The van der Waals surface area contributed by atoms with E-state index in [0.717, 1.165) is 22.4 Å². The van der Waals surface area contributed by atoms with Crippen LogP contribution in [-0.2, 0) is 0 Å². The van der Waals surface area contributed by atoms with E-state index in [0.29, 0.717) is 0 Å². The quantitative estimate of drug-likeness (QED) is 0.734. The molecular formula is C16H19N. The van der Waals surface area contributed by atoms with Gasteiger partial charge in [0.2, 0.25) is 0 Å². The van der Waals surface area contributed by atoms with Crippen LogP contribution in [0, 0.1) is 6.92 Å². The summed E-state index contributed by atoms with van der Waals surface area (Å²) in [6.07, 6.45) is 1.80. The minimum Gasteiger partial charge on any atom is -0.261 e. The molecule has 1 heterocycles. The second-order valence-electron chi connectivity index (χ2n) is 3.48. The maximum absolute atomic E-state index is 4.26. The molecule has 0 saturated carbocycles. The maximum atomic E-state index is 4.26. The van der Waals surface area contributed by atoms with Crippen LogP contribution >= 0.6 is 0 Å². The maximum Gasteiger partial charge on any atom is 0.0450 e. The summed E-state index contributed by atoms with van der Waals surface area (Å²) in [4.78, 5) is 4.26. The number of pyridine rings is 1. The normalized spacial score (nSPS) is 9.12. The molecule has 0 aliphatic rings. The lowest BCUT2D eigenvalue weighted by molar-refractivity contribution is 1.18. The van der Waals surface area contributed by atoms with E-state index >= 15 is 0 Å². The van der Waals surface area contributed by atoms with Gasteiger partial charge >= 0.3 is 0 Å². The van der Waals surface area contributed by atoms with Gasteiger partial charge in [-0.3, -0.25) is 4.98 Å². The molecule has 0 amide bonds. The summed E-state index contributed by atoms with van der Waals surface area (Å²) >= 11 is 0. The summed E-state index contributed by atoms with van der Waals surface area (Å²) in [6, 6.07) is 14.2. The Hall–Kier alpha value is -1.89. The first-order chi connectivity index (χ1) is 8.29. The Bertz CT molecular complexity index is 472. The SMILES string of the molecule is C=C(c1ccccc1)c1cccnc1C.CC. The highest BCUT2D eigenvalue weighted by Crippen LogP contribution is 2.22. The second kappa shape index (κ2) is 6.64. The summed E-state index contributed by atoms with van der Waals surface area (Å²) in [5, 5.41) is 0. The van der Waals surface area contributed by atoms with Gasteiger partial charge in [0, 0.05) is 17.5 Å². The third-order valence-electron chi connectivity index (χ3n) is 2.45. The minimum atomic E-state index is 1.02. The lowest BCUT2D eigenvalue weighted by atomic mass is 9.99. The first kappa shape index (κ1) is 13.2. The average Bonchev–Trinajstić information content (AvgIpc) is 2.42. The van der Waals surface area contributed by atoms with E-state index in [9.17, 15) is 0 Å². The number of aryl methyl sites for hydroxylation is 1. The van der Waals surface area contributed by atoms with Crippen LogP contribution < -0.4 is 0 Å². The molecule has 0 N–H and O–H groups in total. The van der Waals surface area contributed by atoms with Crippen molar-refractivity contribution in [2.75, 3.05) is 0 Å². The van der Waals surface area contributed by atoms with Crippen molar-refractivity contribution in [1.82, 2.24) is 4.98 Å². The molecule has 88 valence electrons. The minimum absolute atomic E-state index is 1.02. The molecule has 0 fully saturated rings. The summed E-state index contributed by atoms with van der Waals surface area (Å²) in [6.45, 7) is 10.1. The highest BCUT2D eigenvalue weighted by atomic mass is 14.7. The first-order valence-corrected chi connectivity index (χ1v) is 5.95. The Morgan fingerprint density at radius 3 is 2.24 bits per heavy atom. The fraction of sp³-hybridized carbons (Fsp3) is 0.188. The fourth-order valence-electron chi connectivity index (χ4n) is 1.60. The number of rotatable bonds is 2. The zero-order valence-electron chi connectivity index (χ0n) is 10.8. The van der Waals surface area contributed by atoms with Crippen molar-refractivity contribution in [3.63, 3.8) is 0 Å². The monoisotopic (exact) mass is 225 g/mol. The molecule has 1 nitrogen and oxygen atoms in total. The van der Waals surface area contributed by atoms with E-state index < -0.39 is 0 Å². The van der Waals surface area contributed by atoms with Crippen LogP contribution in [0.1, 0.15) is 30.7 Å². The van der Waals surface area contributed by atoms with Gasteiger partial charge in [0.15, 0.2) is 0 Å². The Labute approximate surface area is 104 Å². The van der Waals surface area contributed by atoms with E-state index in [1.165, 1.54) is 0 Å². The number of hydrogen-bond donors (Lipinski definition) is 0. The van der Waals surface area contributed by atoms with E-state index in [2.05, 4.69) is 29.8 Å². The third-order valence-corrected chi connectivity index (χ3v) is 2.45. The number of hydrogen-bond acceptors (Lipinski definition) is 1. The molecular weight excluding hydrogens is 206 g/mol. The molecule has 2 rings (SSSR count). The van der Waals surface area contributed by atoms with Gasteiger partial charge in [-0.05, 0) is 24.1 Å². The van der Waals surface area contributed by atoms with Gasteiger partial charge in [0.05, 0.1) is 0 Å².